The number of benzene rings is 1. The summed E-state index contributed by atoms with van der Waals surface area (Å²) in [5.41, 5.74) is -0.527. The lowest BCUT2D eigenvalue weighted by atomic mass is 10.1. The summed E-state index contributed by atoms with van der Waals surface area (Å²) in [6.07, 6.45) is -0.823. The molecule has 0 unspecified atom stereocenters. The van der Waals surface area contributed by atoms with Gasteiger partial charge >= 0.3 is 6.16 Å². The van der Waals surface area contributed by atoms with Crippen molar-refractivity contribution in [3.63, 3.8) is 0 Å². The molecule has 1 N–H and O–H groups in total. The standard InChI is InChI=1S/C10H5F2NO4/c11-5-2-1-3-6(12)7(5)8-9(13-4-16-8)17-10(14)15/h1-4H,(H,14,15). The topological polar surface area (TPSA) is 72.6 Å². The second-order valence-electron chi connectivity index (χ2n) is 2.95. The van der Waals surface area contributed by atoms with Crippen molar-refractivity contribution in [3.05, 3.63) is 36.2 Å². The van der Waals surface area contributed by atoms with Gasteiger partial charge in [0.05, 0.1) is 5.56 Å². The Morgan fingerprint density at radius 2 is 2.00 bits per heavy atom. The van der Waals surface area contributed by atoms with Crippen molar-refractivity contribution in [2.24, 2.45) is 0 Å². The number of halogens is 2. The van der Waals surface area contributed by atoms with Crippen molar-refractivity contribution in [1.29, 1.82) is 0 Å². The van der Waals surface area contributed by atoms with Crippen LogP contribution in [0.4, 0.5) is 13.6 Å². The maximum absolute atomic E-state index is 13.4. The highest BCUT2D eigenvalue weighted by molar-refractivity contribution is 5.68. The average Bonchev–Trinajstić information content (AvgIpc) is 2.65. The van der Waals surface area contributed by atoms with Gasteiger partial charge in [-0.05, 0) is 12.1 Å². The quantitative estimate of drug-likeness (QED) is 0.818. The van der Waals surface area contributed by atoms with Gasteiger partial charge in [-0.1, -0.05) is 6.07 Å². The summed E-state index contributed by atoms with van der Waals surface area (Å²) in [6, 6.07) is 3.18. The van der Waals surface area contributed by atoms with Gasteiger partial charge in [-0.25, -0.2) is 13.6 Å². The monoisotopic (exact) mass is 241 g/mol. The van der Waals surface area contributed by atoms with E-state index < -0.39 is 35.0 Å². The van der Waals surface area contributed by atoms with E-state index in [1.165, 1.54) is 6.07 Å². The van der Waals surface area contributed by atoms with Gasteiger partial charge in [-0.15, -0.1) is 0 Å². The molecule has 17 heavy (non-hydrogen) atoms. The average molecular weight is 241 g/mol. The molecule has 0 aliphatic carbocycles. The molecule has 7 heteroatoms. The van der Waals surface area contributed by atoms with E-state index >= 15 is 0 Å². The first kappa shape index (κ1) is 11.1. The van der Waals surface area contributed by atoms with E-state index in [2.05, 4.69) is 9.72 Å². The summed E-state index contributed by atoms with van der Waals surface area (Å²) < 4.78 is 35.8. The maximum Gasteiger partial charge on any atom is 0.512 e. The molecule has 0 amide bonds. The van der Waals surface area contributed by atoms with Crippen LogP contribution in [0, 0.1) is 11.6 Å². The first-order chi connectivity index (χ1) is 8.09. The van der Waals surface area contributed by atoms with Crippen molar-refractivity contribution in [3.8, 4) is 17.2 Å². The zero-order valence-electron chi connectivity index (χ0n) is 8.18. The number of ether oxygens (including phenoxy) is 1. The van der Waals surface area contributed by atoms with Gasteiger partial charge in [0, 0.05) is 0 Å². The molecule has 5 nitrogen and oxygen atoms in total. The van der Waals surface area contributed by atoms with Gasteiger partial charge in [-0.2, -0.15) is 4.98 Å². The molecule has 0 bridgehead atoms. The first-order valence-electron chi connectivity index (χ1n) is 4.38. The lowest BCUT2D eigenvalue weighted by molar-refractivity contribution is 0.142. The zero-order chi connectivity index (χ0) is 12.4. The third-order valence-electron chi connectivity index (χ3n) is 1.91. The summed E-state index contributed by atoms with van der Waals surface area (Å²) in [4.78, 5) is 13.7. The minimum atomic E-state index is -1.66. The molecular weight excluding hydrogens is 236 g/mol. The molecule has 0 aliphatic heterocycles. The Balaban J connectivity index is 2.53. The molecule has 88 valence electrons. The number of carbonyl (C=O) groups is 1. The van der Waals surface area contributed by atoms with Crippen LogP contribution in [0.15, 0.2) is 29.0 Å². The lowest BCUT2D eigenvalue weighted by Gasteiger charge is -2.02. The van der Waals surface area contributed by atoms with Gasteiger partial charge < -0.3 is 14.3 Å². The normalized spacial score (nSPS) is 10.2. The largest absolute Gasteiger partial charge is 0.512 e. The predicted octanol–water partition coefficient (Wildman–Crippen LogP) is 2.68. The van der Waals surface area contributed by atoms with Crippen molar-refractivity contribution in [2.45, 2.75) is 0 Å². The molecule has 0 saturated heterocycles. The van der Waals surface area contributed by atoms with E-state index in [1.807, 2.05) is 0 Å². The molecular formula is C10H5F2NO4. The number of carboxylic acid groups (broad SMARTS) is 1. The number of oxazole rings is 1. The van der Waals surface area contributed by atoms with Crippen LogP contribution in [0.1, 0.15) is 0 Å². The summed E-state index contributed by atoms with van der Waals surface area (Å²) in [7, 11) is 0. The molecule has 0 fully saturated rings. The second-order valence-corrected chi connectivity index (χ2v) is 2.95. The molecule has 1 aromatic heterocycles. The number of aromatic nitrogens is 1. The zero-order valence-corrected chi connectivity index (χ0v) is 8.18. The van der Waals surface area contributed by atoms with Crippen LogP contribution in [0.25, 0.3) is 11.3 Å². The van der Waals surface area contributed by atoms with Gasteiger partial charge in [0.2, 0.25) is 5.76 Å². The van der Waals surface area contributed by atoms with Crippen LogP contribution >= 0.6 is 0 Å². The minimum absolute atomic E-state index is 0.414. The maximum atomic E-state index is 13.4. The molecule has 0 radical (unpaired) electrons. The molecule has 0 saturated carbocycles. The lowest BCUT2D eigenvalue weighted by Crippen LogP contribution is -2.04. The van der Waals surface area contributed by atoms with Crippen LogP contribution in [-0.4, -0.2) is 16.2 Å². The summed E-state index contributed by atoms with van der Waals surface area (Å²) in [5.74, 6) is -2.74. The Labute approximate surface area is 93.3 Å². The van der Waals surface area contributed by atoms with Crippen molar-refractivity contribution in [2.75, 3.05) is 0 Å². The molecule has 2 aromatic rings. The fourth-order valence-corrected chi connectivity index (χ4v) is 1.27. The fourth-order valence-electron chi connectivity index (χ4n) is 1.27. The van der Waals surface area contributed by atoms with Crippen molar-refractivity contribution < 1.29 is 27.8 Å². The Hall–Kier alpha value is -2.44. The van der Waals surface area contributed by atoms with Gasteiger partial charge in [0.25, 0.3) is 5.88 Å². The van der Waals surface area contributed by atoms with Crippen LogP contribution in [0.2, 0.25) is 0 Å². The Kier molecular flexibility index (Phi) is 2.73. The molecule has 1 aromatic carbocycles. The highest BCUT2D eigenvalue weighted by atomic mass is 19.1. The molecule has 0 atom stereocenters. The Bertz CT molecular complexity index is 547. The molecule has 0 spiro atoms. The summed E-state index contributed by atoms with van der Waals surface area (Å²) in [6.45, 7) is 0. The minimum Gasteiger partial charge on any atom is -0.449 e. The van der Waals surface area contributed by atoms with Crippen LogP contribution in [0.5, 0.6) is 5.88 Å². The second kappa shape index (κ2) is 4.20. The number of rotatable bonds is 2. The van der Waals surface area contributed by atoms with E-state index in [9.17, 15) is 13.6 Å². The fraction of sp³-hybridized carbons (Fsp3) is 0. The molecule has 0 aliphatic rings. The highest BCUT2D eigenvalue weighted by Gasteiger charge is 2.21. The van der Waals surface area contributed by atoms with Gasteiger partial charge in [0.1, 0.15) is 11.6 Å². The summed E-state index contributed by atoms with van der Waals surface area (Å²) >= 11 is 0. The van der Waals surface area contributed by atoms with Crippen LogP contribution < -0.4 is 4.74 Å². The SMILES string of the molecule is O=C(O)Oc1ncoc1-c1c(F)cccc1F. The predicted molar refractivity (Wildman–Crippen MR) is 50.5 cm³/mol. The Morgan fingerprint density at radius 3 is 2.59 bits per heavy atom. The van der Waals surface area contributed by atoms with Gasteiger partial charge in [0.15, 0.2) is 6.39 Å². The first-order valence-corrected chi connectivity index (χ1v) is 4.38. The highest BCUT2D eigenvalue weighted by Crippen LogP contribution is 2.32. The Morgan fingerprint density at radius 1 is 1.35 bits per heavy atom. The third-order valence-corrected chi connectivity index (χ3v) is 1.91. The van der Waals surface area contributed by atoms with E-state index in [1.54, 1.807) is 0 Å². The number of hydrogen-bond acceptors (Lipinski definition) is 4. The molecule has 2 rings (SSSR count). The van der Waals surface area contributed by atoms with E-state index in [0.29, 0.717) is 0 Å². The van der Waals surface area contributed by atoms with E-state index in [0.717, 1.165) is 18.5 Å². The van der Waals surface area contributed by atoms with E-state index in [4.69, 9.17) is 9.52 Å². The summed E-state index contributed by atoms with van der Waals surface area (Å²) in [5, 5.41) is 8.40. The smallest absolute Gasteiger partial charge is 0.449 e. The molecule has 1 heterocycles. The van der Waals surface area contributed by atoms with Crippen molar-refractivity contribution in [1.82, 2.24) is 4.98 Å². The van der Waals surface area contributed by atoms with Gasteiger partial charge in [-0.3, -0.25) is 0 Å². The third kappa shape index (κ3) is 2.07. The van der Waals surface area contributed by atoms with Crippen molar-refractivity contribution >= 4 is 6.16 Å². The van der Waals surface area contributed by atoms with Crippen LogP contribution in [0.3, 0.4) is 0 Å². The number of hydrogen-bond donors (Lipinski definition) is 1. The van der Waals surface area contributed by atoms with Crippen LogP contribution in [-0.2, 0) is 0 Å². The number of nitrogens with zero attached hydrogens (tertiary/aromatic N) is 1. The van der Waals surface area contributed by atoms with E-state index in [-0.39, 0.29) is 0 Å².